The molecule has 1 N–H and O–H groups in total. The van der Waals surface area contributed by atoms with Crippen LogP contribution in [0.3, 0.4) is 0 Å². The Labute approximate surface area is 141 Å². The number of aromatic amines is 1. The average Bonchev–Trinajstić information content (AvgIpc) is 3.18. The standard InChI is InChI=1S/C16H16BrN3O3/c17-13-3-1-2-4-14(13)20-7-5-12(15(20)21)16(22)23-8-6-11-9-18-19-10-11/h1-4,9-10,12H,5-8H2,(H,18,19). The normalized spacial score (nSPS) is 17.5. The molecule has 1 unspecified atom stereocenters. The molecule has 0 bridgehead atoms. The van der Waals surface area contributed by atoms with Crippen LogP contribution in [-0.2, 0) is 20.7 Å². The molecule has 120 valence electrons. The Balaban J connectivity index is 1.58. The van der Waals surface area contributed by atoms with Crippen LogP contribution >= 0.6 is 15.9 Å². The number of amides is 1. The van der Waals surface area contributed by atoms with Crippen LogP contribution in [0.15, 0.2) is 41.1 Å². The van der Waals surface area contributed by atoms with E-state index in [1.807, 2.05) is 24.3 Å². The van der Waals surface area contributed by atoms with Crippen molar-refractivity contribution in [2.24, 2.45) is 5.92 Å². The topological polar surface area (TPSA) is 75.3 Å². The van der Waals surface area contributed by atoms with E-state index in [1.54, 1.807) is 17.3 Å². The first kappa shape index (κ1) is 15.7. The summed E-state index contributed by atoms with van der Waals surface area (Å²) in [4.78, 5) is 26.3. The Kier molecular flexibility index (Phi) is 4.76. The number of halogens is 1. The molecule has 7 heteroatoms. The number of H-pyrrole nitrogens is 1. The van der Waals surface area contributed by atoms with Gasteiger partial charge in [0.1, 0.15) is 5.92 Å². The molecule has 0 radical (unpaired) electrons. The van der Waals surface area contributed by atoms with E-state index < -0.39 is 11.9 Å². The Morgan fingerprint density at radius 1 is 1.43 bits per heavy atom. The number of para-hydroxylation sites is 1. The van der Waals surface area contributed by atoms with Crippen molar-refractivity contribution in [1.82, 2.24) is 10.2 Å². The zero-order valence-electron chi connectivity index (χ0n) is 12.4. The lowest BCUT2D eigenvalue weighted by Crippen LogP contribution is -2.31. The quantitative estimate of drug-likeness (QED) is 0.640. The van der Waals surface area contributed by atoms with E-state index >= 15 is 0 Å². The van der Waals surface area contributed by atoms with Gasteiger partial charge in [-0.3, -0.25) is 14.7 Å². The van der Waals surface area contributed by atoms with E-state index in [0.29, 0.717) is 19.4 Å². The van der Waals surface area contributed by atoms with Crippen molar-refractivity contribution < 1.29 is 14.3 Å². The number of hydrogen-bond donors (Lipinski definition) is 1. The van der Waals surface area contributed by atoms with Gasteiger partial charge in [0.15, 0.2) is 0 Å². The number of ether oxygens (including phenoxy) is 1. The summed E-state index contributed by atoms with van der Waals surface area (Å²) < 4.78 is 6.08. The van der Waals surface area contributed by atoms with E-state index in [-0.39, 0.29) is 12.5 Å². The van der Waals surface area contributed by atoms with E-state index in [1.165, 1.54) is 0 Å². The molecule has 2 heterocycles. The van der Waals surface area contributed by atoms with Gasteiger partial charge in [0, 0.05) is 23.6 Å². The van der Waals surface area contributed by atoms with Crippen molar-refractivity contribution in [2.75, 3.05) is 18.1 Å². The molecular weight excluding hydrogens is 362 g/mol. The van der Waals surface area contributed by atoms with E-state index in [4.69, 9.17) is 4.74 Å². The molecule has 6 nitrogen and oxygen atoms in total. The summed E-state index contributed by atoms with van der Waals surface area (Å²) in [5.74, 6) is -1.37. The number of carbonyl (C=O) groups is 2. The predicted molar refractivity (Wildman–Crippen MR) is 87.9 cm³/mol. The highest BCUT2D eigenvalue weighted by Gasteiger charge is 2.39. The molecule has 1 amide bonds. The van der Waals surface area contributed by atoms with Crippen LogP contribution < -0.4 is 4.90 Å². The maximum absolute atomic E-state index is 12.5. The van der Waals surface area contributed by atoms with Gasteiger partial charge in [-0.25, -0.2) is 0 Å². The Morgan fingerprint density at radius 3 is 3.00 bits per heavy atom. The fourth-order valence-electron chi connectivity index (χ4n) is 2.59. The van der Waals surface area contributed by atoms with E-state index in [9.17, 15) is 9.59 Å². The zero-order chi connectivity index (χ0) is 16.2. The van der Waals surface area contributed by atoms with Crippen LogP contribution in [-0.4, -0.2) is 35.2 Å². The third kappa shape index (κ3) is 3.44. The fraction of sp³-hybridized carbons (Fsp3) is 0.312. The molecule has 1 aromatic heterocycles. The minimum atomic E-state index is -0.716. The van der Waals surface area contributed by atoms with Crippen molar-refractivity contribution in [3.8, 4) is 0 Å². The molecule has 1 atom stereocenters. The van der Waals surface area contributed by atoms with Gasteiger partial charge in [-0.05, 0) is 40.0 Å². The number of nitrogens with zero attached hydrogens (tertiary/aromatic N) is 2. The Bertz CT molecular complexity index is 702. The molecule has 1 aromatic carbocycles. The number of hydrogen-bond acceptors (Lipinski definition) is 4. The van der Waals surface area contributed by atoms with Crippen molar-refractivity contribution in [2.45, 2.75) is 12.8 Å². The first-order valence-corrected chi connectivity index (χ1v) is 8.16. The maximum atomic E-state index is 12.5. The molecule has 1 aliphatic rings. The van der Waals surface area contributed by atoms with Gasteiger partial charge in [0.05, 0.1) is 18.5 Å². The van der Waals surface area contributed by atoms with Crippen molar-refractivity contribution in [1.29, 1.82) is 0 Å². The number of aromatic nitrogens is 2. The second-order valence-electron chi connectivity index (χ2n) is 5.31. The maximum Gasteiger partial charge on any atom is 0.318 e. The lowest BCUT2D eigenvalue weighted by molar-refractivity contribution is -0.150. The Morgan fingerprint density at radius 2 is 2.26 bits per heavy atom. The van der Waals surface area contributed by atoms with Gasteiger partial charge in [-0.2, -0.15) is 5.10 Å². The summed E-state index contributed by atoms with van der Waals surface area (Å²) in [6, 6.07) is 7.48. The van der Waals surface area contributed by atoms with Gasteiger partial charge in [-0.15, -0.1) is 0 Å². The number of anilines is 1. The molecule has 1 aliphatic heterocycles. The highest BCUT2D eigenvalue weighted by Crippen LogP contribution is 2.31. The summed E-state index contributed by atoms with van der Waals surface area (Å²) in [6.45, 7) is 0.764. The van der Waals surface area contributed by atoms with Crippen LogP contribution in [0.2, 0.25) is 0 Å². The largest absolute Gasteiger partial charge is 0.465 e. The number of rotatable bonds is 5. The van der Waals surface area contributed by atoms with Crippen LogP contribution in [0.1, 0.15) is 12.0 Å². The third-order valence-electron chi connectivity index (χ3n) is 3.82. The first-order valence-electron chi connectivity index (χ1n) is 7.37. The van der Waals surface area contributed by atoms with Crippen molar-refractivity contribution >= 4 is 33.5 Å². The predicted octanol–water partition coefficient (Wildman–Crippen LogP) is 2.31. The first-order chi connectivity index (χ1) is 11.2. The van der Waals surface area contributed by atoms with Gasteiger partial charge in [-0.1, -0.05) is 12.1 Å². The molecule has 1 saturated heterocycles. The number of nitrogens with one attached hydrogen (secondary N) is 1. The van der Waals surface area contributed by atoms with Gasteiger partial charge in [0.25, 0.3) is 0 Å². The van der Waals surface area contributed by atoms with Crippen molar-refractivity contribution in [3.05, 3.63) is 46.7 Å². The third-order valence-corrected chi connectivity index (χ3v) is 4.49. The summed E-state index contributed by atoms with van der Waals surface area (Å²) in [6.07, 6.45) is 4.49. The van der Waals surface area contributed by atoms with Crippen molar-refractivity contribution in [3.63, 3.8) is 0 Å². The van der Waals surface area contributed by atoms with Gasteiger partial charge >= 0.3 is 5.97 Å². The monoisotopic (exact) mass is 377 g/mol. The molecule has 0 saturated carbocycles. The molecule has 2 aromatic rings. The van der Waals surface area contributed by atoms with Crippen LogP contribution in [0, 0.1) is 5.92 Å². The minimum absolute atomic E-state index is 0.204. The molecule has 3 rings (SSSR count). The SMILES string of the molecule is O=C(OCCc1cn[nH]c1)C1CCN(c2ccccc2Br)C1=O. The Hall–Kier alpha value is -2.15. The number of carbonyl (C=O) groups excluding carboxylic acids is 2. The molecular formula is C16H16BrN3O3. The highest BCUT2D eigenvalue weighted by molar-refractivity contribution is 9.10. The average molecular weight is 378 g/mol. The highest BCUT2D eigenvalue weighted by atomic mass is 79.9. The fourth-order valence-corrected chi connectivity index (χ4v) is 3.09. The molecule has 0 aliphatic carbocycles. The smallest absolute Gasteiger partial charge is 0.318 e. The summed E-state index contributed by atoms with van der Waals surface area (Å²) in [7, 11) is 0. The lowest BCUT2D eigenvalue weighted by atomic mass is 10.1. The van der Waals surface area contributed by atoms with Gasteiger partial charge in [0.2, 0.25) is 5.91 Å². The van der Waals surface area contributed by atoms with Crippen LogP contribution in [0.5, 0.6) is 0 Å². The molecule has 23 heavy (non-hydrogen) atoms. The van der Waals surface area contributed by atoms with Gasteiger partial charge < -0.3 is 9.64 Å². The summed E-state index contributed by atoms with van der Waals surface area (Å²) >= 11 is 3.44. The number of benzene rings is 1. The van der Waals surface area contributed by atoms with E-state index in [0.717, 1.165) is 15.7 Å². The minimum Gasteiger partial charge on any atom is -0.465 e. The second-order valence-corrected chi connectivity index (χ2v) is 6.16. The number of esters is 1. The van der Waals surface area contributed by atoms with Crippen LogP contribution in [0.4, 0.5) is 5.69 Å². The zero-order valence-corrected chi connectivity index (χ0v) is 14.0. The van der Waals surface area contributed by atoms with E-state index in [2.05, 4.69) is 26.1 Å². The second kappa shape index (κ2) is 6.95. The summed E-state index contributed by atoms with van der Waals surface area (Å²) in [5.41, 5.74) is 1.75. The summed E-state index contributed by atoms with van der Waals surface area (Å²) in [5, 5.41) is 6.53. The van der Waals surface area contributed by atoms with Crippen LogP contribution in [0.25, 0.3) is 0 Å². The molecule has 1 fully saturated rings. The molecule has 0 spiro atoms. The lowest BCUT2D eigenvalue weighted by Gasteiger charge is -2.18.